The molecular weight excluding hydrogens is 214 g/mol. The Morgan fingerprint density at radius 2 is 2.19 bits per heavy atom. The van der Waals surface area contributed by atoms with Gasteiger partial charge < -0.3 is 10.6 Å². The molecule has 0 spiro atoms. The van der Waals surface area contributed by atoms with E-state index >= 15 is 0 Å². The van der Waals surface area contributed by atoms with Gasteiger partial charge in [-0.1, -0.05) is 0 Å². The number of likely N-dealkylation sites (tertiary alicyclic amines) is 1. The van der Waals surface area contributed by atoms with E-state index < -0.39 is 17.5 Å². The standard InChI is InChI=1S/C11H12F2N2O/c12-7-1-2-10(13)9(5-7)11(16)15-4-3-8(14)6-15/h1-2,5,8H,3-4,6,14H2/t8-/m1/s1. The van der Waals surface area contributed by atoms with Crippen LogP contribution in [0.2, 0.25) is 0 Å². The van der Waals surface area contributed by atoms with Crippen LogP contribution in [0.5, 0.6) is 0 Å². The fourth-order valence-corrected chi connectivity index (χ4v) is 1.80. The third-order valence-corrected chi connectivity index (χ3v) is 2.67. The van der Waals surface area contributed by atoms with Crippen LogP contribution in [-0.2, 0) is 0 Å². The maximum absolute atomic E-state index is 13.3. The van der Waals surface area contributed by atoms with E-state index in [0.717, 1.165) is 18.2 Å². The Morgan fingerprint density at radius 3 is 2.81 bits per heavy atom. The molecule has 0 saturated carbocycles. The van der Waals surface area contributed by atoms with Crippen molar-refractivity contribution in [3.05, 3.63) is 35.4 Å². The SMILES string of the molecule is N[C@@H]1CCN(C(=O)c2cc(F)ccc2F)C1. The molecular formula is C11H12F2N2O. The maximum Gasteiger partial charge on any atom is 0.256 e. The Hall–Kier alpha value is -1.49. The minimum atomic E-state index is -0.702. The van der Waals surface area contributed by atoms with Crippen molar-refractivity contribution in [3.63, 3.8) is 0 Å². The number of amides is 1. The van der Waals surface area contributed by atoms with Crippen molar-refractivity contribution in [2.75, 3.05) is 13.1 Å². The zero-order chi connectivity index (χ0) is 11.7. The summed E-state index contributed by atoms with van der Waals surface area (Å²) in [5.41, 5.74) is 5.42. The molecule has 1 fully saturated rings. The molecule has 1 amide bonds. The van der Waals surface area contributed by atoms with Gasteiger partial charge in [0.1, 0.15) is 11.6 Å². The topological polar surface area (TPSA) is 46.3 Å². The van der Waals surface area contributed by atoms with Gasteiger partial charge >= 0.3 is 0 Å². The molecule has 1 aliphatic heterocycles. The Morgan fingerprint density at radius 1 is 1.44 bits per heavy atom. The summed E-state index contributed by atoms with van der Waals surface area (Å²) in [6.07, 6.45) is 0.697. The van der Waals surface area contributed by atoms with Crippen molar-refractivity contribution >= 4 is 5.91 Å². The highest BCUT2D eigenvalue weighted by Crippen LogP contribution is 2.16. The summed E-state index contributed by atoms with van der Waals surface area (Å²) < 4.78 is 26.2. The lowest BCUT2D eigenvalue weighted by molar-refractivity contribution is 0.0785. The summed E-state index contributed by atoms with van der Waals surface area (Å²) in [7, 11) is 0. The summed E-state index contributed by atoms with van der Waals surface area (Å²) in [6, 6.07) is 2.79. The lowest BCUT2D eigenvalue weighted by Crippen LogP contribution is -2.32. The molecule has 1 atom stereocenters. The van der Waals surface area contributed by atoms with E-state index in [9.17, 15) is 13.6 Å². The number of carbonyl (C=O) groups is 1. The number of hydrogen-bond acceptors (Lipinski definition) is 2. The number of carbonyl (C=O) groups excluding carboxylic acids is 1. The van der Waals surface area contributed by atoms with Gasteiger partial charge in [0.25, 0.3) is 5.91 Å². The van der Waals surface area contributed by atoms with Gasteiger partial charge in [0.15, 0.2) is 0 Å². The van der Waals surface area contributed by atoms with Gasteiger partial charge in [-0.15, -0.1) is 0 Å². The second-order valence-electron chi connectivity index (χ2n) is 3.92. The second kappa shape index (κ2) is 4.17. The number of benzene rings is 1. The average molecular weight is 226 g/mol. The fraction of sp³-hybridized carbons (Fsp3) is 0.364. The maximum atomic E-state index is 13.3. The summed E-state index contributed by atoms with van der Waals surface area (Å²) in [5, 5.41) is 0. The van der Waals surface area contributed by atoms with Crippen LogP contribution in [0.1, 0.15) is 16.8 Å². The lowest BCUT2D eigenvalue weighted by atomic mass is 10.2. The van der Waals surface area contributed by atoms with Crippen LogP contribution >= 0.6 is 0 Å². The third kappa shape index (κ3) is 2.04. The molecule has 0 unspecified atom stereocenters. The summed E-state index contributed by atoms with van der Waals surface area (Å²) in [6.45, 7) is 0.894. The van der Waals surface area contributed by atoms with Crippen molar-refractivity contribution in [3.8, 4) is 0 Å². The molecule has 86 valence electrons. The van der Waals surface area contributed by atoms with Gasteiger partial charge in [-0.05, 0) is 24.6 Å². The molecule has 2 N–H and O–H groups in total. The Labute approximate surface area is 91.8 Å². The summed E-state index contributed by atoms with van der Waals surface area (Å²) in [5.74, 6) is -1.81. The van der Waals surface area contributed by atoms with Crippen molar-refractivity contribution in [2.45, 2.75) is 12.5 Å². The predicted octanol–water partition coefficient (Wildman–Crippen LogP) is 1.14. The molecule has 1 aromatic carbocycles. The van der Waals surface area contributed by atoms with Crippen LogP contribution in [0, 0.1) is 11.6 Å². The van der Waals surface area contributed by atoms with Gasteiger partial charge in [-0.25, -0.2) is 8.78 Å². The van der Waals surface area contributed by atoms with Crippen molar-refractivity contribution in [2.24, 2.45) is 5.73 Å². The molecule has 3 nitrogen and oxygen atoms in total. The molecule has 0 radical (unpaired) electrons. The minimum absolute atomic E-state index is 0.0689. The summed E-state index contributed by atoms with van der Waals surface area (Å²) in [4.78, 5) is 13.3. The van der Waals surface area contributed by atoms with Gasteiger partial charge in [-0.3, -0.25) is 4.79 Å². The average Bonchev–Trinajstić information content (AvgIpc) is 2.67. The number of halogens is 2. The van der Waals surface area contributed by atoms with E-state index in [-0.39, 0.29) is 11.6 Å². The first kappa shape index (κ1) is 11.0. The Bertz CT molecular complexity index is 422. The van der Waals surface area contributed by atoms with E-state index in [1.165, 1.54) is 4.90 Å². The molecule has 1 saturated heterocycles. The molecule has 5 heteroatoms. The van der Waals surface area contributed by atoms with E-state index in [1.54, 1.807) is 0 Å². The first-order chi connectivity index (χ1) is 7.58. The highest BCUT2D eigenvalue weighted by Gasteiger charge is 2.26. The largest absolute Gasteiger partial charge is 0.337 e. The second-order valence-corrected chi connectivity index (χ2v) is 3.92. The highest BCUT2D eigenvalue weighted by molar-refractivity contribution is 5.94. The van der Waals surface area contributed by atoms with Crippen LogP contribution in [0.15, 0.2) is 18.2 Å². The minimum Gasteiger partial charge on any atom is -0.337 e. The number of hydrogen-bond donors (Lipinski definition) is 1. The van der Waals surface area contributed by atoms with Crippen molar-refractivity contribution in [1.29, 1.82) is 0 Å². The fourth-order valence-electron chi connectivity index (χ4n) is 1.80. The van der Waals surface area contributed by atoms with Crippen LogP contribution in [-0.4, -0.2) is 29.9 Å². The quantitative estimate of drug-likeness (QED) is 0.780. The van der Waals surface area contributed by atoms with E-state index in [1.807, 2.05) is 0 Å². The monoisotopic (exact) mass is 226 g/mol. The molecule has 16 heavy (non-hydrogen) atoms. The van der Waals surface area contributed by atoms with Crippen LogP contribution < -0.4 is 5.73 Å². The van der Waals surface area contributed by atoms with Crippen LogP contribution in [0.3, 0.4) is 0 Å². The Kier molecular flexibility index (Phi) is 2.87. The number of nitrogens with zero attached hydrogens (tertiary/aromatic N) is 1. The lowest BCUT2D eigenvalue weighted by Gasteiger charge is -2.16. The van der Waals surface area contributed by atoms with Crippen LogP contribution in [0.25, 0.3) is 0 Å². The van der Waals surface area contributed by atoms with E-state index in [2.05, 4.69) is 0 Å². The van der Waals surface area contributed by atoms with Gasteiger partial charge in [0.2, 0.25) is 0 Å². The first-order valence-electron chi connectivity index (χ1n) is 5.08. The van der Waals surface area contributed by atoms with Crippen molar-refractivity contribution in [1.82, 2.24) is 4.90 Å². The number of nitrogens with two attached hydrogens (primary N) is 1. The third-order valence-electron chi connectivity index (χ3n) is 2.67. The van der Waals surface area contributed by atoms with E-state index in [0.29, 0.717) is 19.5 Å². The molecule has 0 aliphatic carbocycles. The molecule has 1 aliphatic rings. The van der Waals surface area contributed by atoms with Gasteiger partial charge in [0, 0.05) is 19.1 Å². The zero-order valence-corrected chi connectivity index (χ0v) is 8.62. The van der Waals surface area contributed by atoms with Crippen molar-refractivity contribution < 1.29 is 13.6 Å². The highest BCUT2D eigenvalue weighted by atomic mass is 19.1. The molecule has 2 rings (SSSR count). The smallest absolute Gasteiger partial charge is 0.256 e. The summed E-state index contributed by atoms with van der Waals surface area (Å²) >= 11 is 0. The molecule has 0 bridgehead atoms. The van der Waals surface area contributed by atoms with Gasteiger partial charge in [0.05, 0.1) is 5.56 Å². The van der Waals surface area contributed by atoms with Gasteiger partial charge in [-0.2, -0.15) is 0 Å². The van der Waals surface area contributed by atoms with Crippen LogP contribution in [0.4, 0.5) is 8.78 Å². The van der Waals surface area contributed by atoms with E-state index in [4.69, 9.17) is 5.73 Å². The molecule has 1 aromatic rings. The Balaban J connectivity index is 2.23. The molecule has 0 aromatic heterocycles. The molecule has 1 heterocycles. The normalized spacial score (nSPS) is 20.2. The predicted molar refractivity (Wildman–Crippen MR) is 54.9 cm³/mol. The zero-order valence-electron chi connectivity index (χ0n) is 8.62. The first-order valence-corrected chi connectivity index (χ1v) is 5.08. The number of rotatable bonds is 1.